The number of imidazole rings is 1. The lowest BCUT2D eigenvalue weighted by Crippen LogP contribution is -2.36. The molecule has 0 amide bonds. The zero-order chi connectivity index (χ0) is 16.1. The lowest BCUT2D eigenvalue weighted by molar-refractivity contribution is -0.678. The maximum Gasteiger partial charge on any atom is 0.283 e. The van der Waals surface area contributed by atoms with Gasteiger partial charge >= 0.3 is 0 Å². The van der Waals surface area contributed by atoms with Gasteiger partial charge in [0, 0.05) is 0 Å². The minimum atomic E-state index is 0.0736. The first-order chi connectivity index (χ1) is 10.8. The summed E-state index contributed by atoms with van der Waals surface area (Å²) < 4.78 is 4.39. The third-order valence-electron chi connectivity index (χ3n) is 3.81. The molecule has 0 unspecified atom stereocenters. The van der Waals surface area contributed by atoms with Crippen LogP contribution in [-0.4, -0.2) is 9.67 Å². The molecule has 0 fully saturated rings. The molecule has 0 saturated heterocycles. The summed E-state index contributed by atoms with van der Waals surface area (Å²) in [5, 5.41) is 13.9. The van der Waals surface area contributed by atoms with Crippen molar-refractivity contribution in [3.8, 4) is 11.1 Å². The van der Waals surface area contributed by atoms with Gasteiger partial charge in [0.2, 0.25) is 0 Å². The van der Waals surface area contributed by atoms with Gasteiger partial charge in [-0.1, -0.05) is 13.8 Å². The average molecular weight is 317 g/mol. The molecule has 2 heterocycles. The summed E-state index contributed by atoms with van der Waals surface area (Å²) in [5.74, 6) is 0.979. The minimum absolute atomic E-state index is 0.0736. The van der Waals surface area contributed by atoms with E-state index in [1.807, 2.05) is 13.8 Å². The van der Waals surface area contributed by atoms with Crippen LogP contribution < -0.4 is 4.57 Å². The highest BCUT2D eigenvalue weighted by Crippen LogP contribution is 2.26. The monoisotopic (exact) mass is 317 g/mol. The molecule has 1 aromatic carbocycles. The summed E-state index contributed by atoms with van der Waals surface area (Å²) in [7, 11) is 0. The first kappa shape index (κ1) is 16.7. The van der Waals surface area contributed by atoms with Gasteiger partial charge < -0.3 is 5.11 Å². The van der Waals surface area contributed by atoms with Crippen LogP contribution in [0.5, 0.6) is 0 Å². The van der Waals surface area contributed by atoms with Gasteiger partial charge in [-0.25, -0.2) is 9.13 Å². The molecule has 0 aliphatic carbocycles. The fourth-order valence-electron chi connectivity index (χ4n) is 2.88. The Hall–Kier alpha value is -1.65. The summed E-state index contributed by atoms with van der Waals surface area (Å²) in [4.78, 5) is 0. The van der Waals surface area contributed by atoms with Gasteiger partial charge in [-0.15, -0.1) is 0 Å². The van der Waals surface area contributed by atoms with Crippen LogP contribution in [0.2, 0.25) is 0 Å². The molecule has 0 spiro atoms. The Bertz CT molecular complexity index is 729. The highest BCUT2D eigenvalue weighted by Gasteiger charge is 2.22. The first-order valence-electron chi connectivity index (χ1n) is 7.98. The second-order valence-corrected chi connectivity index (χ2v) is 5.56. The van der Waals surface area contributed by atoms with Crippen LogP contribution in [0.4, 0.5) is 0 Å². The van der Waals surface area contributed by atoms with E-state index in [2.05, 4.69) is 58.0 Å². The number of nitrogens with zero attached hydrogens (tertiary/aromatic N) is 2. The molecular weight excluding hydrogens is 292 g/mol. The van der Waals surface area contributed by atoms with Gasteiger partial charge in [-0.3, -0.25) is 0 Å². The number of hydrogen-bond donors (Lipinski definition) is 1. The molecule has 3 rings (SSSR count). The predicted octanol–water partition coefficient (Wildman–Crippen LogP) is 4.22. The molecule has 0 saturated carbocycles. The van der Waals surface area contributed by atoms with Crippen molar-refractivity contribution in [2.45, 2.75) is 47.4 Å². The molecule has 0 bridgehead atoms. The number of aliphatic hydroxyl groups excluding tert-OH is 1. The van der Waals surface area contributed by atoms with Gasteiger partial charge in [0.25, 0.3) is 5.82 Å². The Labute approximate surface area is 136 Å². The van der Waals surface area contributed by atoms with Crippen LogP contribution in [0, 0.1) is 0 Å². The molecule has 1 N–H and O–H groups in total. The van der Waals surface area contributed by atoms with Crippen molar-refractivity contribution in [3.05, 3.63) is 40.8 Å². The molecule has 0 atom stereocenters. The molecule has 22 heavy (non-hydrogen) atoms. The van der Waals surface area contributed by atoms with Crippen molar-refractivity contribution >= 4 is 22.4 Å². The maximum atomic E-state index is 9.68. The minimum Gasteiger partial charge on any atom is -0.384 e. The fourth-order valence-corrected chi connectivity index (χ4v) is 3.54. The number of hydrogen-bond acceptors (Lipinski definition) is 2. The van der Waals surface area contributed by atoms with Crippen molar-refractivity contribution < 1.29 is 9.67 Å². The topological polar surface area (TPSA) is 29.0 Å². The number of aromatic nitrogens is 2. The number of rotatable bonds is 4. The standard InChI is InChI=1S/C16H19N2OS.C2H6/c1-3-17-14-6-5-12(13-7-8-20-11-13)9-15(14)18(4-2)16(17)10-19;1-2/h5-9,11,19H,3-4,10H2,1-2H3;1-2H3/q+1;. The average Bonchev–Trinajstić information content (AvgIpc) is 3.21. The highest BCUT2D eigenvalue weighted by atomic mass is 32.1. The Morgan fingerprint density at radius 1 is 1.14 bits per heavy atom. The molecule has 4 heteroatoms. The van der Waals surface area contributed by atoms with Crippen LogP contribution in [-0.2, 0) is 19.7 Å². The van der Waals surface area contributed by atoms with E-state index in [0.29, 0.717) is 0 Å². The third kappa shape index (κ3) is 2.81. The van der Waals surface area contributed by atoms with E-state index >= 15 is 0 Å². The van der Waals surface area contributed by atoms with E-state index in [9.17, 15) is 5.11 Å². The van der Waals surface area contributed by atoms with Crippen LogP contribution >= 0.6 is 11.3 Å². The predicted molar refractivity (Wildman–Crippen MR) is 94.1 cm³/mol. The molecule has 0 aliphatic rings. The maximum absolute atomic E-state index is 9.68. The quantitative estimate of drug-likeness (QED) is 0.717. The lowest BCUT2D eigenvalue weighted by Gasteiger charge is -1.98. The van der Waals surface area contributed by atoms with Crippen LogP contribution in [0.15, 0.2) is 35.0 Å². The van der Waals surface area contributed by atoms with Gasteiger partial charge in [0.05, 0.1) is 13.1 Å². The summed E-state index contributed by atoms with van der Waals surface area (Å²) in [6.07, 6.45) is 0. The Morgan fingerprint density at radius 3 is 2.45 bits per heavy atom. The van der Waals surface area contributed by atoms with E-state index in [0.717, 1.165) is 18.9 Å². The molecule has 118 valence electrons. The van der Waals surface area contributed by atoms with E-state index in [-0.39, 0.29) is 6.61 Å². The van der Waals surface area contributed by atoms with Gasteiger partial charge in [0.15, 0.2) is 11.0 Å². The fraction of sp³-hybridized carbons (Fsp3) is 0.389. The highest BCUT2D eigenvalue weighted by molar-refractivity contribution is 7.08. The SMILES string of the molecule is CC.CCn1c(CO)[n+](CC)c2ccc(-c3ccsc3)cc21. The lowest BCUT2D eigenvalue weighted by atomic mass is 10.1. The van der Waals surface area contributed by atoms with Crippen LogP contribution in [0.1, 0.15) is 33.5 Å². The zero-order valence-corrected chi connectivity index (χ0v) is 14.7. The third-order valence-corrected chi connectivity index (χ3v) is 4.49. The number of aryl methyl sites for hydroxylation is 2. The van der Waals surface area contributed by atoms with Gasteiger partial charge in [0.1, 0.15) is 6.61 Å². The Kier molecular flexibility index (Phi) is 5.75. The van der Waals surface area contributed by atoms with Crippen molar-refractivity contribution in [3.63, 3.8) is 0 Å². The second kappa shape index (κ2) is 7.56. The summed E-state index contributed by atoms with van der Waals surface area (Å²) in [5.41, 5.74) is 4.88. The van der Waals surface area contributed by atoms with Crippen molar-refractivity contribution in [1.29, 1.82) is 0 Å². The Morgan fingerprint density at radius 2 is 1.91 bits per heavy atom. The van der Waals surface area contributed by atoms with E-state index in [1.165, 1.54) is 22.2 Å². The normalized spacial score (nSPS) is 10.6. The summed E-state index contributed by atoms with van der Waals surface area (Å²) >= 11 is 1.72. The second-order valence-electron chi connectivity index (χ2n) is 4.78. The zero-order valence-electron chi connectivity index (χ0n) is 13.8. The molecule has 0 aliphatic heterocycles. The number of aliphatic hydroxyl groups is 1. The smallest absolute Gasteiger partial charge is 0.283 e. The number of thiophene rings is 1. The van der Waals surface area contributed by atoms with Crippen LogP contribution in [0.3, 0.4) is 0 Å². The van der Waals surface area contributed by atoms with E-state index in [1.54, 1.807) is 11.3 Å². The van der Waals surface area contributed by atoms with Crippen molar-refractivity contribution in [1.82, 2.24) is 4.57 Å². The van der Waals surface area contributed by atoms with E-state index in [4.69, 9.17) is 0 Å². The largest absolute Gasteiger partial charge is 0.384 e. The molecule has 3 aromatic rings. The first-order valence-corrected chi connectivity index (χ1v) is 8.92. The number of fused-ring (bicyclic) bond motifs is 1. The molecule has 3 nitrogen and oxygen atoms in total. The Balaban J connectivity index is 0.000000847. The van der Waals surface area contributed by atoms with Gasteiger partial charge in [-0.2, -0.15) is 11.3 Å². The van der Waals surface area contributed by atoms with Crippen molar-refractivity contribution in [2.24, 2.45) is 0 Å². The van der Waals surface area contributed by atoms with Crippen LogP contribution in [0.25, 0.3) is 22.2 Å². The summed E-state index contributed by atoms with van der Waals surface area (Å²) in [6, 6.07) is 8.70. The molecule has 2 aromatic heterocycles. The molecular formula is C18H25N2OS+. The van der Waals surface area contributed by atoms with Gasteiger partial charge in [-0.05, 0) is 60.0 Å². The number of benzene rings is 1. The molecule has 0 radical (unpaired) electrons. The van der Waals surface area contributed by atoms with E-state index < -0.39 is 0 Å². The van der Waals surface area contributed by atoms with Crippen molar-refractivity contribution in [2.75, 3.05) is 0 Å². The summed E-state index contributed by atoms with van der Waals surface area (Å²) in [6.45, 7) is 10.1.